The smallest absolute Gasteiger partial charge is 0.159 e. The minimum absolute atomic E-state index is 0.0112. The zero-order valence-electron chi connectivity index (χ0n) is 22.3. The minimum atomic E-state index is -0.316. The molecular formula is C30H48O3. The second kappa shape index (κ2) is 6.96. The van der Waals surface area contributed by atoms with Crippen molar-refractivity contribution in [1.29, 1.82) is 0 Å². The van der Waals surface area contributed by atoms with Crippen molar-refractivity contribution in [1.82, 2.24) is 0 Å². The van der Waals surface area contributed by atoms with Crippen LogP contribution in [0, 0.1) is 44.3 Å². The number of Topliss-reactive ketones (excluding diaryl/α,β-unsaturated/α-hetero) is 1. The first-order valence-electron chi connectivity index (χ1n) is 13.7. The number of allylic oxidation sites excluding steroid dienone is 2. The van der Waals surface area contributed by atoms with E-state index in [4.69, 9.17) is 0 Å². The highest BCUT2D eigenvalue weighted by Gasteiger charge is 2.67. The van der Waals surface area contributed by atoms with Crippen LogP contribution in [-0.4, -0.2) is 28.7 Å². The lowest BCUT2D eigenvalue weighted by Gasteiger charge is -2.69. The zero-order valence-corrected chi connectivity index (χ0v) is 22.3. The van der Waals surface area contributed by atoms with Crippen molar-refractivity contribution < 1.29 is 15.0 Å². The quantitative estimate of drug-likeness (QED) is 0.476. The Morgan fingerprint density at radius 3 is 2.21 bits per heavy atom. The Bertz CT molecular complexity index is 902. The van der Waals surface area contributed by atoms with Gasteiger partial charge in [0.15, 0.2) is 5.78 Å². The number of rotatable bonds is 1. The van der Waals surface area contributed by atoms with Crippen LogP contribution in [0.2, 0.25) is 0 Å². The molecule has 5 aliphatic rings. The molecule has 186 valence electrons. The van der Waals surface area contributed by atoms with E-state index in [-0.39, 0.29) is 45.7 Å². The molecule has 0 saturated heterocycles. The van der Waals surface area contributed by atoms with Crippen molar-refractivity contribution in [2.75, 3.05) is 6.61 Å². The van der Waals surface area contributed by atoms with Gasteiger partial charge in [0, 0.05) is 24.0 Å². The topological polar surface area (TPSA) is 57.5 Å². The van der Waals surface area contributed by atoms with Crippen molar-refractivity contribution >= 4 is 5.78 Å². The molecule has 5 rings (SSSR count). The van der Waals surface area contributed by atoms with Gasteiger partial charge in [-0.1, -0.05) is 54.0 Å². The number of fused-ring (bicyclic) bond motifs is 6. The van der Waals surface area contributed by atoms with Crippen LogP contribution >= 0.6 is 0 Å². The highest BCUT2D eigenvalue weighted by molar-refractivity contribution is 5.99. The number of hydrogen-bond acceptors (Lipinski definition) is 3. The molecular weight excluding hydrogens is 408 g/mol. The highest BCUT2D eigenvalue weighted by atomic mass is 16.3. The van der Waals surface area contributed by atoms with Crippen LogP contribution in [0.4, 0.5) is 0 Å². The molecule has 3 heteroatoms. The van der Waals surface area contributed by atoms with Crippen LogP contribution in [0.3, 0.4) is 0 Å². The van der Waals surface area contributed by atoms with Gasteiger partial charge in [-0.25, -0.2) is 0 Å². The summed E-state index contributed by atoms with van der Waals surface area (Å²) in [7, 11) is 0. The first-order valence-corrected chi connectivity index (χ1v) is 13.7. The van der Waals surface area contributed by atoms with Crippen molar-refractivity contribution in [2.45, 2.75) is 119 Å². The van der Waals surface area contributed by atoms with Crippen LogP contribution in [0.1, 0.15) is 113 Å². The van der Waals surface area contributed by atoms with Crippen LogP contribution < -0.4 is 0 Å². The number of carbonyl (C=O) groups excluding carboxylic acids is 1. The van der Waals surface area contributed by atoms with E-state index in [1.165, 1.54) is 24.0 Å². The highest BCUT2D eigenvalue weighted by Crippen LogP contribution is 2.74. The third-order valence-corrected chi connectivity index (χ3v) is 13.0. The van der Waals surface area contributed by atoms with Crippen molar-refractivity contribution in [2.24, 2.45) is 44.3 Å². The maximum absolute atomic E-state index is 14.1. The van der Waals surface area contributed by atoms with Gasteiger partial charge in [0.25, 0.3) is 0 Å². The molecule has 3 nitrogen and oxygen atoms in total. The Morgan fingerprint density at radius 1 is 0.879 bits per heavy atom. The van der Waals surface area contributed by atoms with E-state index >= 15 is 0 Å². The molecule has 8 unspecified atom stereocenters. The molecule has 0 bridgehead atoms. The zero-order chi connectivity index (χ0) is 24.2. The molecule has 0 aromatic rings. The summed E-state index contributed by atoms with van der Waals surface area (Å²) in [5.74, 6) is 1.16. The van der Waals surface area contributed by atoms with Gasteiger partial charge in [-0.3, -0.25) is 4.79 Å². The minimum Gasteiger partial charge on any atom is -0.396 e. The number of carbonyl (C=O) groups is 1. The van der Waals surface area contributed by atoms with Crippen LogP contribution in [0.15, 0.2) is 11.1 Å². The lowest BCUT2D eigenvalue weighted by molar-refractivity contribution is -0.165. The summed E-state index contributed by atoms with van der Waals surface area (Å²) in [5.41, 5.74) is 2.83. The standard InChI is InChI=1S/C30H48O3/c1-25(2)21-16-20(32)24-19(28(21,5)10-9-23(25)33)8-11-29(6)22-17-26(3,18-31)12-13-27(22,4)14-15-30(24,29)7/h21-23,31,33H,8-18H2,1-7H3. The first kappa shape index (κ1) is 24.0. The van der Waals surface area contributed by atoms with Gasteiger partial charge in [0.1, 0.15) is 0 Å². The van der Waals surface area contributed by atoms with Gasteiger partial charge in [0.05, 0.1) is 6.10 Å². The van der Waals surface area contributed by atoms with Crippen molar-refractivity contribution in [3.63, 3.8) is 0 Å². The predicted octanol–water partition coefficient (Wildman–Crippen LogP) is 6.46. The summed E-state index contributed by atoms with van der Waals surface area (Å²) in [6.45, 7) is 16.8. The molecule has 2 N–H and O–H groups in total. The van der Waals surface area contributed by atoms with Gasteiger partial charge >= 0.3 is 0 Å². The third kappa shape index (κ3) is 2.90. The summed E-state index contributed by atoms with van der Waals surface area (Å²) < 4.78 is 0. The van der Waals surface area contributed by atoms with Crippen molar-refractivity contribution in [3.8, 4) is 0 Å². The van der Waals surface area contributed by atoms with Crippen LogP contribution in [0.25, 0.3) is 0 Å². The van der Waals surface area contributed by atoms with Gasteiger partial charge in [0.2, 0.25) is 0 Å². The van der Waals surface area contributed by atoms with E-state index in [0.717, 1.165) is 44.9 Å². The number of hydrogen-bond donors (Lipinski definition) is 2. The monoisotopic (exact) mass is 456 g/mol. The summed E-state index contributed by atoms with van der Waals surface area (Å²) in [6, 6.07) is 0. The first-order chi connectivity index (χ1) is 15.2. The fourth-order valence-corrected chi connectivity index (χ4v) is 10.2. The van der Waals surface area contributed by atoms with E-state index in [1.54, 1.807) is 0 Å². The second-order valence-electron chi connectivity index (χ2n) is 15.0. The molecule has 3 fully saturated rings. The molecule has 5 aliphatic carbocycles. The Kier molecular flexibility index (Phi) is 5.07. The lowest BCUT2D eigenvalue weighted by Crippen LogP contribution is -2.62. The fourth-order valence-electron chi connectivity index (χ4n) is 10.2. The molecule has 0 amide bonds. The van der Waals surface area contributed by atoms with E-state index in [0.29, 0.717) is 23.5 Å². The molecule has 0 radical (unpaired) electrons. The maximum atomic E-state index is 14.1. The summed E-state index contributed by atoms with van der Waals surface area (Å²) in [5, 5.41) is 21.1. The summed E-state index contributed by atoms with van der Waals surface area (Å²) in [4.78, 5) is 14.1. The molecule has 3 saturated carbocycles. The molecule has 33 heavy (non-hydrogen) atoms. The fraction of sp³-hybridized carbons (Fsp3) is 0.900. The Balaban J connectivity index is 1.63. The molecule has 8 atom stereocenters. The number of ketones is 1. The Morgan fingerprint density at radius 2 is 1.55 bits per heavy atom. The average molecular weight is 457 g/mol. The van der Waals surface area contributed by atoms with Crippen LogP contribution in [-0.2, 0) is 4.79 Å². The maximum Gasteiger partial charge on any atom is 0.159 e. The second-order valence-corrected chi connectivity index (χ2v) is 15.0. The molecule has 0 aliphatic heterocycles. The average Bonchev–Trinajstić information content (AvgIpc) is 2.75. The number of aliphatic hydroxyl groups is 2. The van der Waals surface area contributed by atoms with Gasteiger partial charge < -0.3 is 10.2 Å². The van der Waals surface area contributed by atoms with E-state index in [1.807, 2.05) is 0 Å². The van der Waals surface area contributed by atoms with Gasteiger partial charge in [-0.05, 0) is 96.7 Å². The van der Waals surface area contributed by atoms with E-state index in [9.17, 15) is 15.0 Å². The SMILES string of the molecule is CC1(CO)CCC2(C)CCC3(C)C4=C(CCC3(C)C2C1)C1(C)CCC(O)C(C)(C)C1CC4=O. The molecule has 0 spiro atoms. The van der Waals surface area contributed by atoms with E-state index < -0.39 is 0 Å². The largest absolute Gasteiger partial charge is 0.396 e. The number of aliphatic hydroxyl groups excluding tert-OH is 2. The lowest BCUT2D eigenvalue weighted by atomic mass is 9.35. The van der Waals surface area contributed by atoms with Crippen LogP contribution in [0.5, 0.6) is 0 Å². The van der Waals surface area contributed by atoms with E-state index in [2.05, 4.69) is 48.5 Å². The van der Waals surface area contributed by atoms with Gasteiger partial charge in [-0.15, -0.1) is 0 Å². The summed E-state index contributed by atoms with van der Waals surface area (Å²) >= 11 is 0. The molecule has 0 heterocycles. The molecule has 0 aromatic carbocycles. The molecule has 0 aromatic heterocycles. The summed E-state index contributed by atoms with van der Waals surface area (Å²) in [6.07, 6.45) is 10.0. The Hall–Kier alpha value is -0.670. The van der Waals surface area contributed by atoms with Gasteiger partial charge in [-0.2, -0.15) is 0 Å². The normalized spacial score (nSPS) is 53.6. The predicted molar refractivity (Wildman–Crippen MR) is 133 cm³/mol. The third-order valence-electron chi connectivity index (χ3n) is 13.0. The van der Waals surface area contributed by atoms with Crippen molar-refractivity contribution in [3.05, 3.63) is 11.1 Å². The Labute approximate surface area is 201 Å².